The van der Waals surface area contributed by atoms with Crippen LogP contribution in [0, 0.1) is 12.8 Å². The number of nitrogens with one attached hydrogen (secondary N) is 1. The van der Waals surface area contributed by atoms with Gasteiger partial charge in [-0.25, -0.2) is 4.98 Å². The van der Waals surface area contributed by atoms with Crippen LogP contribution in [-0.4, -0.2) is 16.1 Å². The first kappa shape index (κ1) is 14.1. The van der Waals surface area contributed by atoms with Gasteiger partial charge in [-0.2, -0.15) is 11.3 Å². The van der Waals surface area contributed by atoms with Crippen molar-refractivity contribution in [3.8, 4) is 0 Å². The predicted octanol–water partition coefficient (Wildman–Crippen LogP) is 4.12. The zero-order valence-electron chi connectivity index (χ0n) is 12.2. The molecule has 4 heteroatoms. The maximum Gasteiger partial charge on any atom is 0.203 e. The van der Waals surface area contributed by atoms with E-state index in [9.17, 15) is 0 Å². The molecule has 19 heavy (non-hydrogen) atoms. The second-order valence-corrected chi connectivity index (χ2v) is 6.35. The molecule has 1 unspecified atom stereocenters. The summed E-state index contributed by atoms with van der Waals surface area (Å²) in [6, 6.07) is 2.62. The van der Waals surface area contributed by atoms with Gasteiger partial charge in [0.2, 0.25) is 5.95 Å². The molecule has 0 spiro atoms. The summed E-state index contributed by atoms with van der Waals surface area (Å²) in [5.41, 5.74) is 2.47. The first-order chi connectivity index (χ1) is 9.06. The summed E-state index contributed by atoms with van der Waals surface area (Å²) in [6.45, 7) is 9.68. The molecule has 2 heterocycles. The molecule has 0 aliphatic rings. The van der Waals surface area contributed by atoms with Crippen molar-refractivity contribution in [2.24, 2.45) is 5.92 Å². The summed E-state index contributed by atoms with van der Waals surface area (Å²) in [5.74, 6) is 1.62. The molecule has 0 radical (unpaired) electrons. The average Bonchev–Trinajstić information content (AvgIpc) is 2.95. The lowest BCUT2D eigenvalue weighted by Gasteiger charge is -2.17. The van der Waals surface area contributed by atoms with Crippen LogP contribution in [0.5, 0.6) is 0 Å². The van der Waals surface area contributed by atoms with Gasteiger partial charge in [-0.1, -0.05) is 13.8 Å². The lowest BCUT2D eigenvalue weighted by Crippen LogP contribution is -2.15. The van der Waals surface area contributed by atoms with Crippen molar-refractivity contribution in [2.75, 3.05) is 11.9 Å². The highest BCUT2D eigenvalue weighted by atomic mass is 32.1. The maximum absolute atomic E-state index is 4.59. The van der Waals surface area contributed by atoms with Gasteiger partial charge >= 0.3 is 0 Å². The highest BCUT2D eigenvalue weighted by Crippen LogP contribution is 2.21. The number of thiophene rings is 1. The maximum atomic E-state index is 4.59. The number of rotatable bonds is 6. The van der Waals surface area contributed by atoms with E-state index in [-0.39, 0.29) is 0 Å². The smallest absolute Gasteiger partial charge is 0.203 e. The van der Waals surface area contributed by atoms with Gasteiger partial charge in [-0.15, -0.1) is 0 Å². The monoisotopic (exact) mass is 277 g/mol. The van der Waals surface area contributed by atoms with E-state index in [1.54, 1.807) is 11.3 Å². The average molecular weight is 277 g/mol. The van der Waals surface area contributed by atoms with Crippen molar-refractivity contribution in [1.29, 1.82) is 0 Å². The zero-order valence-corrected chi connectivity index (χ0v) is 13.0. The Labute approximate surface area is 119 Å². The number of hydrogen-bond acceptors (Lipinski definition) is 3. The molecule has 2 aromatic heterocycles. The molecule has 0 aliphatic heterocycles. The van der Waals surface area contributed by atoms with Crippen LogP contribution in [0.3, 0.4) is 0 Å². The van der Waals surface area contributed by atoms with E-state index < -0.39 is 0 Å². The SMILES string of the molecule is Cc1cn(C(C)Cc2ccsc2)c(NCC(C)C)n1. The number of anilines is 1. The van der Waals surface area contributed by atoms with Crippen LogP contribution in [0.25, 0.3) is 0 Å². The van der Waals surface area contributed by atoms with E-state index in [0.29, 0.717) is 12.0 Å². The molecule has 0 fully saturated rings. The Balaban J connectivity index is 2.09. The van der Waals surface area contributed by atoms with Crippen LogP contribution >= 0.6 is 11.3 Å². The van der Waals surface area contributed by atoms with Crippen molar-refractivity contribution in [1.82, 2.24) is 9.55 Å². The van der Waals surface area contributed by atoms with Gasteiger partial charge in [-0.05, 0) is 48.6 Å². The van der Waals surface area contributed by atoms with Crippen LogP contribution in [0.1, 0.15) is 38.1 Å². The molecule has 1 atom stereocenters. The molecule has 3 nitrogen and oxygen atoms in total. The number of aryl methyl sites for hydroxylation is 1. The molecule has 2 rings (SSSR count). The Hall–Kier alpha value is -1.29. The summed E-state index contributed by atoms with van der Waals surface area (Å²) in [4.78, 5) is 4.59. The van der Waals surface area contributed by atoms with Crippen molar-refractivity contribution < 1.29 is 0 Å². The van der Waals surface area contributed by atoms with E-state index >= 15 is 0 Å². The van der Waals surface area contributed by atoms with Crippen LogP contribution in [-0.2, 0) is 6.42 Å². The third-order valence-corrected chi connectivity index (χ3v) is 3.84. The van der Waals surface area contributed by atoms with E-state index in [2.05, 4.69) is 58.7 Å². The molecule has 0 aliphatic carbocycles. The van der Waals surface area contributed by atoms with Gasteiger partial charge in [0.05, 0.1) is 5.69 Å². The van der Waals surface area contributed by atoms with Gasteiger partial charge in [0.1, 0.15) is 0 Å². The Morgan fingerprint density at radius 2 is 2.16 bits per heavy atom. The van der Waals surface area contributed by atoms with Gasteiger partial charge < -0.3 is 9.88 Å². The number of imidazole rings is 1. The van der Waals surface area contributed by atoms with Gasteiger partial charge in [0.15, 0.2) is 0 Å². The van der Waals surface area contributed by atoms with Crippen LogP contribution in [0.2, 0.25) is 0 Å². The third kappa shape index (κ3) is 3.83. The summed E-state index contributed by atoms with van der Waals surface area (Å²) >= 11 is 1.76. The minimum atomic E-state index is 0.422. The molecule has 0 amide bonds. The fraction of sp³-hybridized carbons (Fsp3) is 0.533. The molecular weight excluding hydrogens is 254 g/mol. The largest absolute Gasteiger partial charge is 0.355 e. The summed E-state index contributed by atoms with van der Waals surface area (Å²) in [6.07, 6.45) is 3.19. The number of aromatic nitrogens is 2. The Bertz CT molecular complexity index is 499. The lowest BCUT2D eigenvalue weighted by atomic mass is 10.1. The molecular formula is C15H23N3S. The van der Waals surface area contributed by atoms with E-state index in [1.807, 2.05) is 6.92 Å². The Morgan fingerprint density at radius 3 is 2.79 bits per heavy atom. The van der Waals surface area contributed by atoms with Gasteiger partial charge in [-0.3, -0.25) is 0 Å². The highest BCUT2D eigenvalue weighted by molar-refractivity contribution is 7.07. The summed E-state index contributed by atoms with van der Waals surface area (Å²) in [7, 11) is 0. The first-order valence-electron chi connectivity index (χ1n) is 6.86. The number of nitrogens with zero attached hydrogens (tertiary/aromatic N) is 2. The molecule has 1 N–H and O–H groups in total. The molecule has 104 valence electrons. The van der Waals surface area contributed by atoms with E-state index in [0.717, 1.165) is 24.6 Å². The van der Waals surface area contributed by atoms with E-state index in [1.165, 1.54) is 5.56 Å². The fourth-order valence-corrected chi connectivity index (χ4v) is 2.81. The predicted molar refractivity (Wildman–Crippen MR) is 83.0 cm³/mol. The molecule has 0 saturated heterocycles. The second kappa shape index (κ2) is 6.24. The topological polar surface area (TPSA) is 29.9 Å². The lowest BCUT2D eigenvalue weighted by molar-refractivity contribution is 0.546. The molecule has 0 bridgehead atoms. The highest BCUT2D eigenvalue weighted by Gasteiger charge is 2.12. The number of hydrogen-bond donors (Lipinski definition) is 1. The first-order valence-corrected chi connectivity index (χ1v) is 7.81. The minimum absolute atomic E-state index is 0.422. The van der Waals surface area contributed by atoms with Crippen LogP contribution < -0.4 is 5.32 Å². The van der Waals surface area contributed by atoms with Crippen LogP contribution in [0.15, 0.2) is 23.0 Å². The van der Waals surface area contributed by atoms with Gasteiger partial charge in [0, 0.05) is 18.8 Å². The van der Waals surface area contributed by atoms with Crippen LogP contribution in [0.4, 0.5) is 5.95 Å². The Kier molecular flexibility index (Phi) is 4.64. The second-order valence-electron chi connectivity index (χ2n) is 5.57. The quantitative estimate of drug-likeness (QED) is 0.860. The molecule has 0 saturated carbocycles. The summed E-state index contributed by atoms with van der Waals surface area (Å²) < 4.78 is 2.26. The van der Waals surface area contributed by atoms with Crippen molar-refractivity contribution in [2.45, 2.75) is 40.2 Å². The van der Waals surface area contributed by atoms with Crippen molar-refractivity contribution >= 4 is 17.3 Å². The fourth-order valence-electron chi connectivity index (χ4n) is 2.13. The zero-order chi connectivity index (χ0) is 13.8. The Morgan fingerprint density at radius 1 is 1.37 bits per heavy atom. The third-order valence-electron chi connectivity index (χ3n) is 3.11. The normalized spacial score (nSPS) is 12.9. The minimum Gasteiger partial charge on any atom is -0.355 e. The standard InChI is InChI=1S/C15H23N3S/c1-11(2)8-16-15-17-12(3)9-18(15)13(4)7-14-5-6-19-10-14/h5-6,9-11,13H,7-8H2,1-4H3,(H,16,17). The molecule has 0 aromatic carbocycles. The van der Waals surface area contributed by atoms with Crippen molar-refractivity contribution in [3.05, 3.63) is 34.3 Å². The van der Waals surface area contributed by atoms with Gasteiger partial charge in [0.25, 0.3) is 0 Å². The summed E-state index contributed by atoms with van der Waals surface area (Å²) in [5, 5.41) is 7.81. The van der Waals surface area contributed by atoms with E-state index in [4.69, 9.17) is 0 Å². The molecule has 2 aromatic rings. The van der Waals surface area contributed by atoms with Crippen molar-refractivity contribution in [3.63, 3.8) is 0 Å².